The predicted octanol–water partition coefficient (Wildman–Crippen LogP) is 22.6. The molecule has 0 fully saturated rings. The SMILES string of the molecule is CCCCCCCCCCCCCCCc1c(Br)sc2c1sc1c3sc(-c4ccc(N(c5ccccc5)c5ccccc5)cc4)c(CCCCCCCCCCCCCCC)c3sc21. The highest BCUT2D eigenvalue weighted by Crippen LogP contribution is 2.55. The van der Waals surface area contributed by atoms with Crippen LogP contribution >= 0.6 is 61.3 Å². The predicted molar refractivity (Wildman–Crippen MR) is 297 cm³/mol. The molecule has 0 saturated carbocycles. The van der Waals surface area contributed by atoms with E-state index in [4.69, 9.17) is 0 Å². The number of anilines is 3. The number of aryl methyl sites for hydroxylation is 2. The first-order chi connectivity index (χ1) is 31.7. The molecular formula is C58H76BrNS4. The van der Waals surface area contributed by atoms with Gasteiger partial charge in [0.1, 0.15) is 0 Å². The third-order valence-electron chi connectivity index (χ3n) is 13.4. The number of unbranched alkanes of at least 4 members (excludes halogenated alkanes) is 24. The lowest BCUT2D eigenvalue weighted by Crippen LogP contribution is -2.09. The normalized spacial score (nSPS) is 11.9. The molecule has 0 aliphatic rings. The summed E-state index contributed by atoms with van der Waals surface area (Å²) in [6, 6.07) is 31.1. The van der Waals surface area contributed by atoms with Crippen molar-refractivity contribution in [3.8, 4) is 10.4 Å². The second-order valence-corrected chi connectivity index (χ2v) is 23.9. The molecule has 4 aromatic heterocycles. The van der Waals surface area contributed by atoms with Gasteiger partial charge in [0.15, 0.2) is 0 Å². The number of thiophene rings is 4. The molecule has 6 heteroatoms. The van der Waals surface area contributed by atoms with Gasteiger partial charge in [0.05, 0.1) is 32.0 Å². The zero-order valence-electron chi connectivity index (χ0n) is 39.3. The molecule has 0 radical (unpaired) electrons. The topological polar surface area (TPSA) is 3.24 Å². The summed E-state index contributed by atoms with van der Waals surface area (Å²) < 4.78 is 10.6. The number of fused-ring (bicyclic) bond motifs is 5. The summed E-state index contributed by atoms with van der Waals surface area (Å²) in [6.07, 6.45) is 38.8. The monoisotopic (exact) mass is 993 g/mol. The maximum absolute atomic E-state index is 4.06. The van der Waals surface area contributed by atoms with Gasteiger partial charge >= 0.3 is 0 Å². The Balaban J connectivity index is 1.03. The number of benzene rings is 3. The van der Waals surface area contributed by atoms with E-state index in [1.54, 1.807) is 29.9 Å². The van der Waals surface area contributed by atoms with Crippen LogP contribution in [0, 0.1) is 0 Å². The van der Waals surface area contributed by atoms with Crippen LogP contribution in [0.2, 0.25) is 0 Å². The Labute approximate surface area is 412 Å². The molecule has 7 aromatic rings. The minimum atomic E-state index is 1.17. The van der Waals surface area contributed by atoms with Crippen LogP contribution in [0.25, 0.3) is 38.6 Å². The third kappa shape index (κ3) is 13.8. The molecular weight excluding hydrogens is 919 g/mol. The van der Waals surface area contributed by atoms with Crippen molar-refractivity contribution in [2.75, 3.05) is 4.90 Å². The van der Waals surface area contributed by atoms with Crippen molar-refractivity contribution in [2.24, 2.45) is 0 Å². The molecule has 0 saturated heterocycles. The Morgan fingerprint density at radius 1 is 0.344 bits per heavy atom. The largest absolute Gasteiger partial charge is 0.311 e. The summed E-state index contributed by atoms with van der Waals surface area (Å²) in [5, 5.41) is 0. The third-order valence-corrected chi connectivity index (χ3v) is 19.9. The van der Waals surface area contributed by atoms with Gasteiger partial charge in [-0.2, -0.15) is 0 Å². The average Bonchev–Trinajstić information content (AvgIpc) is 4.05. The van der Waals surface area contributed by atoms with E-state index in [0.29, 0.717) is 0 Å². The summed E-state index contributed by atoms with van der Waals surface area (Å²) in [5.41, 5.74) is 8.09. The van der Waals surface area contributed by atoms with Crippen LogP contribution in [-0.4, -0.2) is 0 Å². The molecule has 344 valence electrons. The van der Waals surface area contributed by atoms with Crippen molar-refractivity contribution >= 4 is 107 Å². The summed E-state index contributed by atoms with van der Waals surface area (Å²) in [6.45, 7) is 4.62. The first-order valence-corrected chi connectivity index (χ1v) is 29.8. The second kappa shape index (κ2) is 27.4. The van der Waals surface area contributed by atoms with E-state index in [0.717, 1.165) is 0 Å². The van der Waals surface area contributed by atoms with Gasteiger partial charge in [-0.25, -0.2) is 0 Å². The van der Waals surface area contributed by atoms with Crippen LogP contribution in [0.3, 0.4) is 0 Å². The lowest BCUT2D eigenvalue weighted by molar-refractivity contribution is 0.539. The lowest BCUT2D eigenvalue weighted by Gasteiger charge is -2.25. The zero-order valence-corrected chi connectivity index (χ0v) is 44.2. The lowest BCUT2D eigenvalue weighted by atomic mass is 10.0. The van der Waals surface area contributed by atoms with Crippen molar-refractivity contribution in [2.45, 2.75) is 194 Å². The molecule has 0 aliphatic carbocycles. The van der Waals surface area contributed by atoms with Crippen LogP contribution in [0.5, 0.6) is 0 Å². The Hall–Kier alpha value is -2.48. The van der Waals surface area contributed by atoms with Crippen LogP contribution in [0.1, 0.15) is 192 Å². The van der Waals surface area contributed by atoms with Crippen molar-refractivity contribution in [3.63, 3.8) is 0 Å². The van der Waals surface area contributed by atoms with Gasteiger partial charge in [0.2, 0.25) is 0 Å². The molecule has 0 N–H and O–H groups in total. The number of halogens is 1. The van der Waals surface area contributed by atoms with Gasteiger partial charge < -0.3 is 4.90 Å². The molecule has 0 atom stereocenters. The molecule has 64 heavy (non-hydrogen) atoms. The maximum Gasteiger partial charge on any atom is 0.0751 e. The number of nitrogens with zero attached hydrogens (tertiary/aromatic N) is 1. The average molecular weight is 995 g/mol. The number of hydrogen-bond donors (Lipinski definition) is 0. The fourth-order valence-electron chi connectivity index (χ4n) is 9.66. The Bertz CT molecular complexity index is 2310. The molecule has 0 spiro atoms. The molecule has 4 heterocycles. The fourth-order valence-corrected chi connectivity index (χ4v) is 16.7. The van der Waals surface area contributed by atoms with E-state index >= 15 is 0 Å². The van der Waals surface area contributed by atoms with Crippen LogP contribution in [0.4, 0.5) is 17.1 Å². The number of hydrogen-bond acceptors (Lipinski definition) is 5. The Morgan fingerprint density at radius 2 is 0.688 bits per heavy atom. The highest BCUT2D eigenvalue weighted by atomic mass is 79.9. The number of para-hydroxylation sites is 2. The first-order valence-electron chi connectivity index (χ1n) is 25.8. The minimum absolute atomic E-state index is 1.17. The van der Waals surface area contributed by atoms with Crippen molar-refractivity contribution in [1.29, 1.82) is 0 Å². The highest BCUT2D eigenvalue weighted by Gasteiger charge is 2.24. The van der Waals surface area contributed by atoms with Gasteiger partial charge in [-0.1, -0.05) is 216 Å². The van der Waals surface area contributed by atoms with Gasteiger partial charge in [-0.3, -0.25) is 0 Å². The van der Waals surface area contributed by atoms with Gasteiger partial charge in [0, 0.05) is 21.9 Å². The van der Waals surface area contributed by atoms with Crippen molar-refractivity contribution in [1.82, 2.24) is 0 Å². The smallest absolute Gasteiger partial charge is 0.0751 e. The van der Waals surface area contributed by atoms with Gasteiger partial charge in [-0.05, 0) is 94.7 Å². The first kappa shape index (κ1) is 49.4. The van der Waals surface area contributed by atoms with E-state index in [2.05, 4.69) is 154 Å². The standard InChI is InChI=1S/C58H76BrNS4/c1-3-5-7-9-11-13-15-17-19-21-23-25-33-39-49-51(45-41-43-48(44-42-45)60(46-35-29-27-30-36-46)47-37-31-28-32-38-47)61-54-52(49)62-57-55-53(63-56(54)57)50(58(59)64-55)40-34-26-24-22-20-18-16-14-12-10-8-6-4-2/h27-32,35-38,41-44H,3-26,33-34,39-40H2,1-2H3. The molecule has 3 aromatic carbocycles. The molecule has 1 nitrogen and oxygen atoms in total. The quantitative estimate of drug-likeness (QED) is 0.0380. The fraction of sp³-hybridized carbons (Fsp3) is 0.517. The molecule has 0 bridgehead atoms. The summed E-state index contributed by atoms with van der Waals surface area (Å²) in [7, 11) is 0. The van der Waals surface area contributed by atoms with E-state index in [1.165, 1.54) is 220 Å². The molecule has 7 rings (SSSR count). The van der Waals surface area contributed by atoms with Gasteiger partial charge in [0.25, 0.3) is 0 Å². The highest BCUT2D eigenvalue weighted by molar-refractivity contribution is 9.11. The maximum atomic E-state index is 4.06. The minimum Gasteiger partial charge on any atom is -0.311 e. The second-order valence-electron chi connectivity index (χ2n) is 18.5. The van der Waals surface area contributed by atoms with E-state index < -0.39 is 0 Å². The van der Waals surface area contributed by atoms with Crippen LogP contribution in [-0.2, 0) is 12.8 Å². The summed E-state index contributed by atoms with van der Waals surface area (Å²) >= 11 is 12.3. The Morgan fingerprint density at radius 3 is 1.12 bits per heavy atom. The van der Waals surface area contributed by atoms with Crippen LogP contribution < -0.4 is 4.90 Å². The van der Waals surface area contributed by atoms with E-state index in [1.807, 2.05) is 11.3 Å². The van der Waals surface area contributed by atoms with E-state index in [9.17, 15) is 0 Å². The number of rotatable bonds is 32. The van der Waals surface area contributed by atoms with Crippen molar-refractivity contribution in [3.05, 3.63) is 99.8 Å². The summed E-state index contributed by atoms with van der Waals surface area (Å²) in [5.74, 6) is 0. The van der Waals surface area contributed by atoms with Crippen molar-refractivity contribution < 1.29 is 0 Å². The zero-order chi connectivity index (χ0) is 44.2. The molecule has 0 amide bonds. The molecule has 0 unspecified atom stereocenters. The summed E-state index contributed by atoms with van der Waals surface area (Å²) in [4.78, 5) is 3.87. The van der Waals surface area contributed by atoms with Crippen LogP contribution in [0.15, 0.2) is 88.7 Å². The molecule has 0 aliphatic heterocycles. The Kier molecular flexibility index (Phi) is 21.1. The van der Waals surface area contributed by atoms with Gasteiger partial charge in [-0.15, -0.1) is 45.3 Å². The van der Waals surface area contributed by atoms with E-state index in [-0.39, 0.29) is 0 Å².